The molecule has 0 radical (unpaired) electrons. The molecule has 0 fully saturated rings. The molecule has 7 rings (SSSR count). The minimum atomic E-state index is 0.468. The van der Waals surface area contributed by atoms with Gasteiger partial charge in [-0.05, 0) is 30.7 Å². The maximum atomic E-state index is 5.97. The molecule has 184 valence electrons. The van der Waals surface area contributed by atoms with Crippen LogP contribution in [-0.2, 0) is 6.61 Å². The molecule has 10 heteroatoms. The third-order valence-corrected chi connectivity index (χ3v) is 6.30. The summed E-state index contributed by atoms with van der Waals surface area (Å²) in [6.07, 6.45) is 10.8. The summed E-state index contributed by atoms with van der Waals surface area (Å²) in [7, 11) is 0. The summed E-state index contributed by atoms with van der Waals surface area (Å²) in [5.41, 5.74) is 7.43. The second-order valence-electron chi connectivity index (χ2n) is 8.91. The number of aromatic nitrogens is 9. The van der Waals surface area contributed by atoms with Gasteiger partial charge < -0.3 is 14.3 Å². The Labute approximate surface area is 216 Å². The Balaban J connectivity index is 1.24. The summed E-state index contributed by atoms with van der Waals surface area (Å²) < 4.78 is 7.92. The first kappa shape index (κ1) is 21.9. The number of nitrogens with zero attached hydrogens (tertiary/aromatic N) is 7. The van der Waals surface area contributed by atoms with Crippen LogP contribution in [0.25, 0.3) is 50.5 Å². The lowest BCUT2D eigenvalue weighted by Crippen LogP contribution is -1.96. The third kappa shape index (κ3) is 3.94. The maximum Gasteiger partial charge on any atom is 0.181 e. The van der Waals surface area contributed by atoms with Gasteiger partial charge in [0.05, 0.1) is 29.3 Å². The highest BCUT2D eigenvalue weighted by atomic mass is 16.5. The van der Waals surface area contributed by atoms with Crippen molar-refractivity contribution in [1.82, 2.24) is 44.7 Å². The van der Waals surface area contributed by atoms with Gasteiger partial charge in [-0.15, -0.1) is 0 Å². The lowest BCUT2D eigenvalue weighted by Gasteiger charge is -2.08. The zero-order valence-electron chi connectivity index (χ0n) is 20.3. The van der Waals surface area contributed by atoms with Crippen molar-refractivity contribution in [2.45, 2.75) is 13.5 Å². The number of rotatable bonds is 6. The Morgan fingerprint density at radius 2 is 1.82 bits per heavy atom. The molecule has 38 heavy (non-hydrogen) atoms. The molecule has 6 heterocycles. The van der Waals surface area contributed by atoms with Crippen LogP contribution in [0.3, 0.4) is 0 Å². The van der Waals surface area contributed by atoms with Gasteiger partial charge in [-0.3, -0.25) is 10.1 Å². The van der Waals surface area contributed by atoms with Crippen LogP contribution in [0.15, 0.2) is 85.8 Å². The van der Waals surface area contributed by atoms with E-state index in [0.717, 1.165) is 44.7 Å². The minimum Gasteiger partial charge on any atom is -0.487 e. The van der Waals surface area contributed by atoms with Crippen molar-refractivity contribution in [2.24, 2.45) is 0 Å². The van der Waals surface area contributed by atoms with E-state index in [1.54, 1.807) is 31.1 Å². The van der Waals surface area contributed by atoms with Crippen LogP contribution in [0, 0.1) is 6.92 Å². The van der Waals surface area contributed by atoms with Crippen molar-refractivity contribution < 1.29 is 4.74 Å². The lowest BCUT2D eigenvalue weighted by atomic mass is 10.1. The van der Waals surface area contributed by atoms with Gasteiger partial charge in [-0.2, -0.15) is 5.10 Å². The van der Waals surface area contributed by atoms with Crippen molar-refractivity contribution in [3.8, 4) is 34.1 Å². The number of benzene rings is 1. The van der Waals surface area contributed by atoms with Gasteiger partial charge >= 0.3 is 0 Å². The van der Waals surface area contributed by atoms with Gasteiger partial charge in [0, 0.05) is 35.9 Å². The summed E-state index contributed by atoms with van der Waals surface area (Å²) in [6, 6.07) is 16.0. The molecule has 0 aliphatic rings. The summed E-state index contributed by atoms with van der Waals surface area (Å²) in [6.45, 7) is 2.42. The molecule has 0 aliphatic heterocycles. The van der Waals surface area contributed by atoms with Gasteiger partial charge in [0.25, 0.3) is 0 Å². The molecular formula is C28H21N9O. The number of aromatic amines is 2. The van der Waals surface area contributed by atoms with Crippen LogP contribution in [0.2, 0.25) is 0 Å². The Kier molecular flexibility index (Phi) is 5.14. The van der Waals surface area contributed by atoms with E-state index in [2.05, 4.69) is 35.1 Å². The number of hydrogen-bond acceptors (Lipinski definition) is 7. The maximum absolute atomic E-state index is 5.97. The van der Waals surface area contributed by atoms with Crippen LogP contribution in [-0.4, -0.2) is 44.7 Å². The second-order valence-corrected chi connectivity index (χ2v) is 8.91. The Morgan fingerprint density at radius 3 is 2.68 bits per heavy atom. The summed E-state index contributed by atoms with van der Waals surface area (Å²) in [5.74, 6) is 1.31. The van der Waals surface area contributed by atoms with Crippen molar-refractivity contribution in [3.63, 3.8) is 0 Å². The standard InChI is InChI=1S/C28H21N9O/c1-17-14-37(16-32-17)23-7-8-30-27-25(23)33-28(34-27)24-22-10-20(12-31-26(22)36-35-24)19-9-21(13-29-11-19)38-15-18-5-3-2-4-6-18/h2-14,16H,15H2,1H3,(H,30,33,34)(H,31,35,36). The normalized spacial score (nSPS) is 11.4. The summed E-state index contributed by atoms with van der Waals surface area (Å²) in [4.78, 5) is 25.9. The highest BCUT2D eigenvalue weighted by Gasteiger charge is 2.17. The molecule has 0 atom stereocenters. The van der Waals surface area contributed by atoms with Crippen molar-refractivity contribution in [2.75, 3.05) is 0 Å². The van der Waals surface area contributed by atoms with Gasteiger partial charge in [0.1, 0.15) is 23.6 Å². The molecule has 1 aromatic carbocycles. The quantitative estimate of drug-likeness (QED) is 0.329. The Bertz CT molecular complexity index is 1900. The van der Waals surface area contributed by atoms with E-state index in [9.17, 15) is 0 Å². The molecule has 0 saturated heterocycles. The predicted molar refractivity (Wildman–Crippen MR) is 143 cm³/mol. The van der Waals surface area contributed by atoms with Crippen LogP contribution in [0.4, 0.5) is 0 Å². The van der Waals surface area contributed by atoms with E-state index < -0.39 is 0 Å². The molecule has 10 nitrogen and oxygen atoms in total. The third-order valence-electron chi connectivity index (χ3n) is 6.30. The van der Waals surface area contributed by atoms with Gasteiger partial charge in [-0.25, -0.2) is 19.9 Å². The van der Waals surface area contributed by atoms with Gasteiger partial charge in [0.15, 0.2) is 17.1 Å². The number of ether oxygens (including phenoxy) is 1. The van der Waals surface area contributed by atoms with E-state index in [4.69, 9.17) is 9.72 Å². The largest absolute Gasteiger partial charge is 0.487 e. The van der Waals surface area contributed by atoms with Crippen molar-refractivity contribution in [1.29, 1.82) is 0 Å². The molecule has 0 unspecified atom stereocenters. The van der Waals surface area contributed by atoms with E-state index in [-0.39, 0.29) is 0 Å². The molecular weight excluding hydrogens is 478 g/mol. The smallest absolute Gasteiger partial charge is 0.181 e. The average molecular weight is 500 g/mol. The van der Waals surface area contributed by atoms with Crippen molar-refractivity contribution in [3.05, 3.63) is 97.1 Å². The number of hydrogen-bond donors (Lipinski definition) is 2. The minimum absolute atomic E-state index is 0.468. The Hall–Kier alpha value is -5.38. The number of imidazole rings is 2. The van der Waals surface area contributed by atoms with Gasteiger partial charge in [0.2, 0.25) is 0 Å². The van der Waals surface area contributed by atoms with Crippen LogP contribution < -0.4 is 4.74 Å². The first-order chi connectivity index (χ1) is 18.7. The summed E-state index contributed by atoms with van der Waals surface area (Å²) in [5, 5.41) is 8.31. The number of pyridine rings is 3. The van der Waals surface area contributed by atoms with Crippen molar-refractivity contribution >= 4 is 22.2 Å². The number of aryl methyl sites for hydroxylation is 1. The first-order valence-electron chi connectivity index (χ1n) is 12.0. The SMILES string of the molecule is Cc1cn(-c2ccnc3nc(-c4[nH]nc5ncc(-c6cncc(OCc7ccccc7)c6)cc45)[nH]c23)cn1. The predicted octanol–water partition coefficient (Wildman–Crippen LogP) is 5.03. The topological polar surface area (TPSA) is 123 Å². The molecule has 0 amide bonds. The number of fused-ring (bicyclic) bond motifs is 2. The first-order valence-corrected chi connectivity index (χ1v) is 12.0. The fraction of sp³-hybridized carbons (Fsp3) is 0.0714. The highest BCUT2D eigenvalue weighted by Crippen LogP contribution is 2.31. The molecule has 2 N–H and O–H groups in total. The number of H-pyrrole nitrogens is 2. The van der Waals surface area contributed by atoms with Gasteiger partial charge in [-0.1, -0.05) is 30.3 Å². The molecule has 6 aromatic heterocycles. The van der Waals surface area contributed by atoms with Crippen LogP contribution >= 0.6 is 0 Å². The zero-order valence-corrected chi connectivity index (χ0v) is 20.3. The van der Waals surface area contributed by atoms with E-state index >= 15 is 0 Å². The zero-order chi connectivity index (χ0) is 25.5. The Morgan fingerprint density at radius 1 is 0.921 bits per heavy atom. The fourth-order valence-electron chi connectivity index (χ4n) is 4.42. The number of nitrogens with one attached hydrogen (secondary N) is 2. The highest BCUT2D eigenvalue weighted by molar-refractivity contribution is 5.94. The van der Waals surface area contributed by atoms with E-state index in [0.29, 0.717) is 29.5 Å². The van der Waals surface area contributed by atoms with E-state index in [1.807, 2.05) is 66.2 Å². The average Bonchev–Trinajstić information content (AvgIpc) is 3.70. The van der Waals surface area contributed by atoms with Crippen LogP contribution in [0.1, 0.15) is 11.3 Å². The van der Waals surface area contributed by atoms with E-state index in [1.165, 1.54) is 0 Å². The molecule has 0 saturated carbocycles. The lowest BCUT2D eigenvalue weighted by molar-refractivity contribution is 0.305. The monoisotopic (exact) mass is 499 g/mol. The molecule has 0 spiro atoms. The molecule has 0 bridgehead atoms. The van der Waals surface area contributed by atoms with Crippen LogP contribution in [0.5, 0.6) is 5.75 Å². The molecule has 7 aromatic rings. The molecule has 0 aliphatic carbocycles. The second kappa shape index (κ2) is 8.93. The summed E-state index contributed by atoms with van der Waals surface area (Å²) >= 11 is 0. The fourth-order valence-corrected chi connectivity index (χ4v) is 4.42.